The summed E-state index contributed by atoms with van der Waals surface area (Å²) in [5.41, 5.74) is 2.82. The summed E-state index contributed by atoms with van der Waals surface area (Å²) >= 11 is 3.37. The first-order chi connectivity index (χ1) is 15.6. The van der Waals surface area contributed by atoms with Gasteiger partial charge < -0.3 is 19.1 Å². The van der Waals surface area contributed by atoms with Crippen LogP contribution in [-0.4, -0.2) is 35.8 Å². The van der Waals surface area contributed by atoms with Crippen molar-refractivity contribution in [2.24, 2.45) is 0 Å². The molecule has 1 aromatic heterocycles. The van der Waals surface area contributed by atoms with Crippen molar-refractivity contribution in [1.29, 1.82) is 0 Å². The number of carbonyl (C=O) groups is 1. The topological polar surface area (TPSA) is 64.1 Å². The molecule has 0 spiro atoms. The van der Waals surface area contributed by atoms with E-state index in [4.69, 9.17) is 14.2 Å². The molecule has 164 valence electrons. The van der Waals surface area contributed by atoms with Gasteiger partial charge in [0.1, 0.15) is 5.75 Å². The lowest BCUT2D eigenvalue weighted by Crippen LogP contribution is -2.49. The lowest BCUT2D eigenvalue weighted by molar-refractivity contribution is 0.173. The molecule has 0 saturated carbocycles. The van der Waals surface area contributed by atoms with Gasteiger partial charge in [0.15, 0.2) is 11.5 Å². The lowest BCUT2D eigenvalue weighted by atomic mass is 10.1. The van der Waals surface area contributed by atoms with Gasteiger partial charge in [-0.15, -0.1) is 0 Å². The van der Waals surface area contributed by atoms with E-state index in [1.807, 2.05) is 59.2 Å². The van der Waals surface area contributed by atoms with Crippen LogP contribution in [0.2, 0.25) is 0 Å². The first-order valence-electron chi connectivity index (χ1n) is 10.4. The van der Waals surface area contributed by atoms with Crippen LogP contribution in [0, 0.1) is 6.92 Å². The molecule has 32 heavy (non-hydrogen) atoms. The van der Waals surface area contributed by atoms with Gasteiger partial charge in [-0.05, 0) is 76.8 Å². The van der Waals surface area contributed by atoms with Crippen LogP contribution in [0.5, 0.6) is 23.1 Å². The summed E-state index contributed by atoms with van der Waals surface area (Å²) in [5.74, 6) is 2.71. The zero-order valence-corrected chi connectivity index (χ0v) is 19.2. The van der Waals surface area contributed by atoms with E-state index in [-0.39, 0.29) is 12.8 Å². The molecule has 1 saturated heterocycles. The van der Waals surface area contributed by atoms with Crippen LogP contribution in [0.15, 0.2) is 59.2 Å². The van der Waals surface area contributed by atoms with E-state index in [1.165, 1.54) is 0 Å². The Hall–Kier alpha value is -3.26. The maximum Gasteiger partial charge on any atom is 0.324 e. The minimum absolute atomic E-state index is 0.00318. The molecule has 3 aromatic rings. The van der Waals surface area contributed by atoms with E-state index < -0.39 is 0 Å². The highest BCUT2D eigenvalue weighted by Crippen LogP contribution is 2.34. The molecule has 2 aliphatic rings. The Labute approximate surface area is 194 Å². The molecule has 2 amide bonds. The number of aromatic nitrogens is 1. The van der Waals surface area contributed by atoms with Gasteiger partial charge in [0.25, 0.3) is 0 Å². The highest BCUT2D eigenvalue weighted by atomic mass is 79.9. The van der Waals surface area contributed by atoms with Crippen molar-refractivity contribution < 1.29 is 19.0 Å². The Bertz CT molecular complexity index is 1150. The molecular formula is C24H22BrN3O4. The smallest absolute Gasteiger partial charge is 0.324 e. The van der Waals surface area contributed by atoms with Crippen LogP contribution in [0.3, 0.4) is 0 Å². The molecule has 0 aliphatic carbocycles. The molecule has 5 rings (SSSR count). The molecule has 0 unspecified atom stereocenters. The van der Waals surface area contributed by atoms with Gasteiger partial charge in [0.2, 0.25) is 12.7 Å². The number of hydrogen-bond donors (Lipinski definition) is 0. The van der Waals surface area contributed by atoms with E-state index in [0.29, 0.717) is 24.7 Å². The number of pyridine rings is 1. The van der Waals surface area contributed by atoms with Crippen LogP contribution >= 0.6 is 15.9 Å². The number of urea groups is 1. The number of benzene rings is 2. The summed E-state index contributed by atoms with van der Waals surface area (Å²) in [6, 6.07) is 15.3. The van der Waals surface area contributed by atoms with Crippen LogP contribution < -0.4 is 19.1 Å². The largest absolute Gasteiger partial charge is 0.454 e. The second-order valence-corrected chi connectivity index (χ2v) is 8.68. The van der Waals surface area contributed by atoms with Gasteiger partial charge in [-0.1, -0.05) is 6.07 Å². The van der Waals surface area contributed by atoms with Gasteiger partial charge in [-0.2, -0.15) is 0 Å². The minimum atomic E-state index is -0.00318. The number of carbonyl (C=O) groups excluding carboxylic acids is 1. The van der Waals surface area contributed by atoms with Crippen LogP contribution in [0.1, 0.15) is 17.5 Å². The summed E-state index contributed by atoms with van der Waals surface area (Å²) < 4.78 is 17.6. The van der Waals surface area contributed by atoms with E-state index in [2.05, 4.69) is 20.9 Å². The third-order valence-corrected chi connectivity index (χ3v) is 5.98. The van der Waals surface area contributed by atoms with Crippen molar-refractivity contribution in [3.05, 3.63) is 70.3 Å². The van der Waals surface area contributed by atoms with E-state index in [9.17, 15) is 4.79 Å². The molecule has 2 aromatic carbocycles. The number of fused-ring (bicyclic) bond motifs is 1. The number of halogens is 1. The number of nitrogens with zero attached hydrogens (tertiary/aromatic N) is 3. The maximum atomic E-state index is 13.2. The molecule has 0 atom stereocenters. The van der Waals surface area contributed by atoms with Gasteiger partial charge in [-0.25, -0.2) is 9.78 Å². The second kappa shape index (κ2) is 8.70. The number of amides is 2. The monoisotopic (exact) mass is 495 g/mol. The molecule has 3 heterocycles. The number of hydrogen-bond acceptors (Lipinski definition) is 5. The van der Waals surface area contributed by atoms with Gasteiger partial charge in [-0.3, -0.25) is 4.90 Å². The molecule has 8 heteroatoms. The van der Waals surface area contributed by atoms with Gasteiger partial charge in [0.05, 0.1) is 0 Å². The Morgan fingerprint density at radius 3 is 2.75 bits per heavy atom. The van der Waals surface area contributed by atoms with Crippen LogP contribution in [-0.2, 0) is 6.54 Å². The maximum absolute atomic E-state index is 13.2. The quantitative estimate of drug-likeness (QED) is 0.467. The fraction of sp³-hybridized carbons (Fsp3) is 0.250. The highest BCUT2D eigenvalue weighted by molar-refractivity contribution is 9.10. The molecular weight excluding hydrogens is 474 g/mol. The van der Waals surface area contributed by atoms with Crippen molar-refractivity contribution >= 4 is 27.6 Å². The summed E-state index contributed by atoms with van der Waals surface area (Å²) in [6.07, 6.45) is 2.59. The van der Waals surface area contributed by atoms with Crippen molar-refractivity contribution in [3.63, 3.8) is 0 Å². The number of rotatable bonds is 5. The van der Waals surface area contributed by atoms with E-state index in [1.54, 1.807) is 12.3 Å². The standard InChI is InChI=1S/C24H22BrN3O4/c1-16-11-19(5-7-20(16)32-23-8-4-18(25)13-26-23)28-10-2-9-27(24(28)29)14-17-3-6-21-22(12-17)31-15-30-21/h3-8,11-13H,2,9-10,14-15H2,1H3. The van der Waals surface area contributed by atoms with Crippen molar-refractivity contribution in [2.45, 2.75) is 19.9 Å². The molecule has 0 bridgehead atoms. The Balaban J connectivity index is 1.30. The SMILES string of the molecule is Cc1cc(N2CCCN(Cc3ccc4c(c3)OCO4)C2=O)ccc1Oc1ccc(Br)cn1. The number of aryl methyl sites for hydroxylation is 1. The van der Waals surface area contributed by atoms with Crippen molar-refractivity contribution in [1.82, 2.24) is 9.88 Å². The van der Waals surface area contributed by atoms with Crippen molar-refractivity contribution in [2.75, 3.05) is 24.8 Å². The van der Waals surface area contributed by atoms with E-state index in [0.717, 1.165) is 45.8 Å². The fourth-order valence-electron chi connectivity index (χ4n) is 3.88. The average molecular weight is 496 g/mol. The summed E-state index contributed by atoms with van der Waals surface area (Å²) in [6.45, 7) is 4.15. The van der Waals surface area contributed by atoms with Crippen LogP contribution in [0.4, 0.5) is 10.5 Å². The predicted molar refractivity (Wildman–Crippen MR) is 124 cm³/mol. The molecule has 1 fully saturated rings. The normalized spacial score (nSPS) is 15.2. The predicted octanol–water partition coefficient (Wildman–Crippen LogP) is 5.51. The Morgan fingerprint density at radius 2 is 1.94 bits per heavy atom. The van der Waals surface area contributed by atoms with Gasteiger partial charge >= 0.3 is 6.03 Å². The molecule has 0 radical (unpaired) electrons. The summed E-state index contributed by atoms with van der Waals surface area (Å²) in [5, 5.41) is 0. The van der Waals surface area contributed by atoms with Crippen LogP contribution in [0.25, 0.3) is 0 Å². The third kappa shape index (κ3) is 4.23. The number of anilines is 1. The first-order valence-corrected chi connectivity index (χ1v) is 11.2. The molecule has 7 nitrogen and oxygen atoms in total. The van der Waals surface area contributed by atoms with E-state index >= 15 is 0 Å². The summed E-state index contributed by atoms with van der Waals surface area (Å²) in [4.78, 5) is 21.2. The summed E-state index contributed by atoms with van der Waals surface area (Å²) in [7, 11) is 0. The van der Waals surface area contributed by atoms with Gasteiger partial charge in [0, 0.05) is 42.1 Å². The number of ether oxygens (including phenoxy) is 3. The van der Waals surface area contributed by atoms with Crippen molar-refractivity contribution in [3.8, 4) is 23.1 Å². The minimum Gasteiger partial charge on any atom is -0.454 e. The zero-order chi connectivity index (χ0) is 22.1. The first kappa shape index (κ1) is 20.6. The third-order valence-electron chi connectivity index (χ3n) is 5.51. The highest BCUT2D eigenvalue weighted by Gasteiger charge is 2.27. The molecule has 0 N–H and O–H groups in total. The lowest BCUT2D eigenvalue weighted by Gasteiger charge is -2.36. The average Bonchev–Trinajstić information content (AvgIpc) is 3.26. The molecule has 2 aliphatic heterocycles. The Kier molecular flexibility index (Phi) is 5.61. The zero-order valence-electron chi connectivity index (χ0n) is 17.6. The second-order valence-electron chi connectivity index (χ2n) is 7.76. The fourth-order valence-corrected chi connectivity index (χ4v) is 4.11. The Morgan fingerprint density at radius 1 is 1.06 bits per heavy atom.